The molecule has 7 heteroatoms. The van der Waals surface area contributed by atoms with Gasteiger partial charge in [0.15, 0.2) is 0 Å². The molecule has 1 aliphatic rings. The molecule has 0 bridgehead atoms. The van der Waals surface area contributed by atoms with E-state index < -0.39 is 11.9 Å². The van der Waals surface area contributed by atoms with Crippen LogP contribution < -0.4 is 15.0 Å². The van der Waals surface area contributed by atoms with E-state index >= 15 is 0 Å². The second-order valence-electron chi connectivity index (χ2n) is 6.10. The van der Waals surface area contributed by atoms with Crippen LogP contribution in [0.1, 0.15) is 16.8 Å². The van der Waals surface area contributed by atoms with Crippen LogP contribution in [0.2, 0.25) is 0 Å². The summed E-state index contributed by atoms with van der Waals surface area (Å²) in [6.07, 6.45) is 0.0876. The Balaban J connectivity index is 1.76. The average molecular weight is 368 g/mol. The van der Waals surface area contributed by atoms with Crippen molar-refractivity contribution < 1.29 is 23.9 Å². The number of hydrogen-bond acceptors (Lipinski definition) is 5. The minimum Gasteiger partial charge on any atom is -0.495 e. The maximum atomic E-state index is 12.7. The van der Waals surface area contributed by atoms with E-state index in [1.807, 2.05) is 12.1 Å². The summed E-state index contributed by atoms with van der Waals surface area (Å²) < 4.78 is 10.0. The fraction of sp³-hybridized carbons (Fsp3) is 0.250. The summed E-state index contributed by atoms with van der Waals surface area (Å²) in [5.74, 6) is -0.974. The third kappa shape index (κ3) is 3.76. The summed E-state index contributed by atoms with van der Waals surface area (Å²) in [7, 11) is 2.81. The van der Waals surface area contributed by atoms with Gasteiger partial charge in [-0.05, 0) is 24.3 Å². The van der Waals surface area contributed by atoms with Crippen molar-refractivity contribution >= 4 is 29.2 Å². The van der Waals surface area contributed by atoms with Crippen LogP contribution >= 0.6 is 0 Å². The van der Waals surface area contributed by atoms with Gasteiger partial charge in [0.05, 0.1) is 37.1 Å². The zero-order valence-corrected chi connectivity index (χ0v) is 15.1. The van der Waals surface area contributed by atoms with Crippen LogP contribution in [0.5, 0.6) is 5.75 Å². The first-order valence-electron chi connectivity index (χ1n) is 8.46. The molecule has 3 rings (SSSR count). The second-order valence-corrected chi connectivity index (χ2v) is 6.10. The van der Waals surface area contributed by atoms with Gasteiger partial charge in [-0.3, -0.25) is 9.59 Å². The standard InChI is InChI=1S/C20H20N2O5/c1-26-17-10-6-5-9-16(17)22-12-13(11-18(22)23)19(24)21-15-8-4-3-7-14(15)20(25)27-2/h3-10,13H,11-12H2,1-2H3,(H,21,24)/t13-/m1/s1. The third-order valence-electron chi connectivity index (χ3n) is 4.46. The SMILES string of the molecule is COC(=O)c1ccccc1NC(=O)[C@@H]1CC(=O)N(c2ccccc2OC)C1. The normalized spacial score (nSPS) is 16.1. The second kappa shape index (κ2) is 7.90. The van der Waals surface area contributed by atoms with Gasteiger partial charge in [0.25, 0.3) is 0 Å². The molecule has 1 atom stereocenters. The van der Waals surface area contributed by atoms with Crippen LogP contribution in [-0.2, 0) is 14.3 Å². The van der Waals surface area contributed by atoms with Crippen molar-refractivity contribution in [3.05, 3.63) is 54.1 Å². The predicted molar refractivity (Wildman–Crippen MR) is 99.9 cm³/mol. The first-order chi connectivity index (χ1) is 13.0. The van der Waals surface area contributed by atoms with Gasteiger partial charge in [0.1, 0.15) is 5.75 Å². The fourth-order valence-corrected chi connectivity index (χ4v) is 3.08. The Hall–Kier alpha value is -3.35. The molecule has 2 aromatic rings. The molecular formula is C20H20N2O5. The van der Waals surface area contributed by atoms with Crippen molar-refractivity contribution in [2.75, 3.05) is 31.0 Å². The molecule has 0 saturated carbocycles. The number of methoxy groups -OCH3 is 2. The lowest BCUT2D eigenvalue weighted by Gasteiger charge is -2.19. The van der Waals surface area contributed by atoms with Crippen molar-refractivity contribution in [3.63, 3.8) is 0 Å². The van der Waals surface area contributed by atoms with E-state index in [0.717, 1.165) is 0 Å². The zero-order chi connectivity index (χ0) is 19.4. The number of nitrogens with one attached hydrogen (secondary N) is 1. The topological polar surface area (TPSA) is 84.9 Å². The molecule has 0 radical (unpaired) electrons. The Kier molecular flexibility index (Phi) is 5.40. The average Bonchev–Trinajstić information content (AvgIpc) is 3.09. The number of benzene rings is 2. The highest BCUT2D eigenvalue weighted by Gasteiger charge is 2.36. The Morgan fingerprint density at radius 1 is 1.07 bits per heavy atom. The number of hydrogen-bond donors (Lipinski definition) is 1. The molecule has 0 spiro atoms. The summed E-state index contributed by atoms with van der Waals surface area (Å²) in [5, 5.41) is 2.74. The number of anilines is 2. The first-order valence-corrected chi connectivity index (χ1v) is 8.46. The molecule has 0 aromatic heterocycles. The number of para-hydroxylation sites is 3. The van der Waals surface area contributed by atoms with Gasteiger partial charge in [0.2, 0.25) is 11.8 Å². The minimum atomic E-state index is -0.538. The lowest BCUT2D eigenvalue weighted by atomic mass is 10.1. The maximum Gasteiger partial charge on any atom is 0.339 e. The molecule has 7 nitrogen and oxygen atoms in total. The van der Waals surface area contributed by atoms with Gasteiger partial charge >= 0.3 is 5.97 Å². The highest BCUT2D eigenvalue weighted by Crippen LogP contribution is 2.33. The Labute approximate surface area is 156 Å². The molecule has 1 saturated heterocycles. The minimum absolute atomic E-state index is 0.0876. The first kappa shape index (κ1) is 18.4. The monoisotopic (exact) mass is 368 g/mol. The number of rotatable bonds is 5. The summed E-state index contributed by atoms with van der Waals surface area (Å²) in [6.45, 7) is 0.241. The number of nitrogens with zero attached hydrogens (tertiary/aromatic N) is 1. The Morgan fingerprint density at radius 3 is 2.52 bits per heavy atom. The summed E-state index contributed by atoms with van der Waals surface area (Å²) in [4.78, 5) is 38.5. The summed E-state index contributed by atoms with van der Waals surface area (Å²) in [5.41, 5.74) is 1.26. The third-order valence-corrected chi connectivity index (χ3v) is 4.46. The van der Waals surface area contributed by atoms with E-state index in [0.29, 0.717) is 17.1 Å². The molecule has 2 aromatic carbocycles. The van der Waals surface area contributed by atoms with Crippen LogP contribution in [-0.4, -0.2) is 38.5 Å². The Morgan fingerprint density at radius 2 is 1.78 bits per heavy atom. The van der Waals surface area contributed by atoms with E-state index in [1.54, 1.807) is 41.3 Å². The van der Waals surface area contributed by atoms with E-state index in [9.17, 15) is 14.4 Å². The molecule has 1 heterocycles. The van der Waals surface area contributed by atoms with Gasteiger partial charge in [-0.25, -0.2) is 4.79 Å². The molecule has 1 N–H and O–H groups in total. The molecule has 2 amide bonds. The van der Waals surface area contributed by atoms with Crippen LogP contribution in [0.15, 0.2) is 48.5 Å². The van der Waals surface area contributed by atoms with Crippen LogP contribution in [0.3, 0.4) is 0 Å². The molecular weight excluding hydrogens is 348 g/mol. The predicted octanol–water partition coefficient (Wildman–Crippen LogP) is 2.47. The lowest BCUT2D eigenvalue weighted by molar-refractivity contribution is -0.122. The molecule has 140 valence electrons. The molecule has 0 aliphatic carbocycles. The number of ether oxygens (including phenoxy) is 2. The maximum absolute atomic E-state index is 12.7. The van der Waals surface area contributed by atoms with Crippen molar-refractivity contribution in [1.29, 1.82) is 0 Å². The van der Waals surface area contributed by atoms with Gasteiger partial charge in [-0.2, -0.15) is 0 Å². The quantitative estimate of drug-likeness (QED) is 0.820. The van der Waals surface area contributed by atoms with E-state index in [4.69, 9.17) is 9.47 Å². The van der Waals surface area contributed by atoms with Gasteiger partial charge < -0.3 is 19.7 Å². The highest BCUT2D eigenvalue weighted by atomic mass is 16.5. The van der Waals surface area contributed by atoms with Crippen molar-refractivity contribution in [2.45, 2.75) is 6.42 Å². The fourth-order valence-electron chi connectivity index (χ4n) is 3.08. The van der Waals surface area contributed by atoms with E-state index in [1.165, 1.54) is 14.2 Å². The number of carbonyl (C=O) groups is 3. The molecule has 27 heavy (non-hydrogen) atoms. The van der Waals surface area contributed by atoms with Crippen LogP contribution in [0.25, 0.3) is 0 Å². The zero-order valence-electron chi connectivity index (χ0n) is 15.1. The number of carbonyl (C=O) groups excluding carboxylic acids is 3. The van der Waals surface area contributed by atoms with Crippen molar-refractivity contribution in [1.82, 2.24) is 0 Å². The van der Waals surface area contributed by atoms with Gasteiger partial charge in [-0.1, -0.05) is 24.3 Å². The molecule has 1 fully saturated rings. The van der Waals surface area contributed by atoms with Gasteiger partial charge in [0, 0.05) is 13.0 Å². The smallest absolute Gasteiger partial charge is 0.339 e. The van der Waals surface area contributed by atoms with Crippen LogP contribution in [0.4, 0.5) is 11.4 Å². The molecule has 0 unspecified atom stereocenters. The van der Waals surface area contributed by atoms with E-state index in [-0.39, 0.29) is 30.3 Å². The van der Waals surface area contributed by atoms with E-state index in [2.05, 4.69) is 5.32 Å². The van der Waals surface area contributed by atoms with Crippen molar-refractivity contribution in [3.8, 4) is 5.75 Å². The lowest BCUT2D eigenvalue weighted by Crippen LogP contribution is -2.28. The van der Waals surface area contributed by atoms with Gasteiger partial charge in [-0.15, -0.1) is 0 Å². The van der Waals surface area contributed by atoms with Crippen molar-refractivity contribution in [2.24, 2.45) is 5.92 Å². The highest BCUT2D eigenvalue weighted by molar-refractivity contribution is 6.06. The summed E-state index contributed by atoms with van der Waals surface area (Å²) >= 11 is 0. The number of esters is 1. The van der Waals surface area contributed by atoms with Crippen LogP contribution in [0, 0.1) is 5.92 Å². The summed E-state index contributed by atoms with van der Waals surface area (Å²) in [6, 6.07) is 13.8. The molecule has 1 aliphatic heterocycles. The Bertz CT molecular complexity index is 880. The largest absolute Gasteiger partial charge is 0.495 e. The number of amides is 2.